The molecule has 194 valence electrons. The summed E-state index contributed by atoms with van der Waals surface area (Å²) in [5.74, 6) is 0.829. The molecule has 0 aromatic carbocycles. The van der Waals surface area contributed by atoms with E-state index < -0.39 is 24.8 Å². The molecule has 4 aliphatic rings. The van der Waals surface area contributed by atoms with Gasteiger partial charge in [0, 0.05) is 29.5 Å². The molecule has 0 spiro atoms. The Bertz CT molecular complexity index is 963. The number of nitrogens with zero attached hydrogens (tertiary/aromatic N) is 1. The van der Waals surface area contributed by atoms with Gasteiger partial charge in [-0.2, -0.15) is 5.26 Å². The summed E-state index contributed by atoms with van der Waals surface area (Å²) in [5.41, 5.74) is 0.825. The number of aliphatic hydroxyl groups is 1. The normalized spacial score (nSPS) is 37.7. The zero-order valence-electron chi connectivity index (χ0n) is 21.9. The van der Waals surface area contributed by atoms with Crippen molar-refractivity contribution in [2.24, 2.45) is 22.7 Å². The molecule has 0 heterocycles. The number of carbonyl (C=O) groups is 1. The Hall–Kier alpha value is -1.17. The Morgan fingerprint density at radius 1 is 1.14 bits per heavy atom. The van der Waals surface area contributed by atoms with Gasteiger partial charge in [0.25, 0.3) is 6.26 Å². The maximum atomic E-state index is 12.4. The summed E-state index contributed by atoms with van der Waals surface area (Å²) in [6, 6.07) is 0. The van der Waals surface area contributed by atoms with Gasteiger partial charge in [-0.1, -0.05) is 31.1 Å². The Morgan fingerprint density at radius 2 is 1.80 bits per heavy atom. The van der Waals surface area contributed by atoms with Gasteiger partial charge in [0.2, 0.25) is 0 Å². The second-order valence-electron chi connectivity index (χ2n) is 12.0. The van der Waals surface area contributed by atoms with Crippen molar-refractivity contribution in [3.05, 3.63) is 23.3 Å². The van der Waals surface area contributed by atoms with Crippen molar-refractivity contribution in [3.63, 3.8) is 0 Å². The van der Waals surface area contributed by atoms with Crippen LogP contribution in [0, 0.1) is 34.2 Å². The summed E-state index contributed by atoms with van der Waals surface area (Å²) in [7, 11) is -3.79. The van der Waals surface area contributed by atoms with Crippen LogP contribution in [0.2, 0.25) is 0 Å². The first-order chi connectivity index (χ1) is 16.3. The van der Waals surface area contributed by atoms with E-state index >= 15 is 0 Å². The van der Waals surface area contributed by atoms with Crippen LogP contribution >= 0.6 is 11.6 Å². The molecule has 0 amide bonds. The highest BCUT2D eigenvalue weighted by Gasteiger charge is 2.71. The highest BCUT2D eigenvalue weighted by molar-refractivity contribution is 6.72. The summed E-state index contributed by atoms with van der Waals surface area (Å²) in [6.45, 7) is 11.9. The van der Waals surface area contributed by atoms with Gasteiger partial charge in [-0.05, 0) is 84.1 Å². The molecule has 6 nitrogen and oxygen atoms in total. The van der Waals surface area contributed by atoms with Crippen LogP contribution in [0.1, 0.15) is 86.5 Å². The second-order valence-corrected chi connectivity index (χ2v) is 15.2. The number of rotatable bonds is 7. The van der Waals surface area contributed by atoms with Gasteiger partial charge >= 0.3 is 8.80 Å². The van der Waals surface area contributed by atoms with Gasteiger partial charge in [-0.15, -0.1) is 11.6 Å². The number of hydrogen-bond acceptors (Lipinski definition) is 6. The van der Waals surface area contributed by atoms with E-state index in [4.69, 9.17) is 24.9 Å². The largest absolute Gasteiger partial charge is 0.598 e. The highest BCUT2D eigenvalue weighted by atomic mass is 35.5. The summed E-state index contributed by atoms with van der Waals surface area (Å²) in [6.07, 6.45) is 10.8. The fraction of sp³-hybridized carbons (Fsp3) is 0.778. The van der Waals surface area contributed by atoms with Gasteiger partial charge in [-0.25, -0.2) is 0 Å². The second kappa shape index (κ2) is 9.29. The van der Waals surface area contributed by atoms with E-state index in [2.05, 4.69) is 19.9 Å². The molecule has 2 saturated carbocycles. The van der Waals surface area contributed by atoms with Crippen molar-refractivity contribution in [2.75, 3.05) is 0 Å². The molecule has 0 saturated heterocycles. The van der Waals surface area contributed by atoms with E-state index in [-0.39, 0.29) is 29.3 Å². The highest BCUT2D eigenvalue weighted by Crippen LogP contribution is 2.67. The summed E-state index contributed by atoms with van der Waals surface area (Å²) < 4.78 is 17.9. The SMILES string of the molecule is CC(C)O[Si](OC#N)(OC(C)C)[C@@H](Cl)[C@@]1(O)CCC2C3CCC4=CC(=O)CC[C@]4(C)C3=CC[C@@]21C. The van der Waals surface area contributed by atoms with Crippen LogP contribution < -0.4 is 0 Å². The van der Waals surface area contributed by atoms with E-state index in [1.54, 1.807) is 6.26 Å². The van der Waals surface area contributed by atoms with Crippen molar-refractivity contribution in [1.82, 2.24) is 0 Å². The zero-order chi connectivity index (χ0) is 25.8. The molecule has 2 unspecified atom stereocenters. The number of carbonyl (C=O) groups excluding carboxylic acids is 1. The molecule has 4 aliphatic carbocycles. The first-order valence-electron chi connectivity index (χ1n) is 13.1. The predicted octanol–water partition coefficient (Wildman–Crippen LogP) is 5.60. The quantitative estimate of drug-likeness (QED) is 0.203. The minimum atomic E-state index is -3.79. The first kappa shape index (κ1) is 26.9. The maximum Gasteiger partial charge on any atom is 0.598 e. The average molecular weight is 522 g/mol. The number of allylic oxidation sites excluding steroid dienone is 4. The molecule has 0 aromatic rings. The maximum absolute atomic E-state index is 12.4. The lowest BCUT2D eigenvalue weighted by molar-refractivity contribution is -0.115. The standard InChI is InChI=1S/C27H40ClNO5Si/c1-17(2)33-35(32-16-29,34-18(3)4)24(28)27(31)14-11-23-21-8-7-19-15-20(30)9-12-25(19,5)22(21)10-13-26(23,27)6/h10,15,17-18,21,23-24,31H,7-9,11-14H2,1-6H3/t21?,23?,24-,25+,26+,27+/m1/s1. The van der Waals surface area contributed by atoms with Crippen molar-refractivity contribution in [1.29, 1.82) is 5.26 Å². The van der Waals surface area contributed by atoms with E-state index in [1.807, 2.05) is 33.8 Å². The van der Waals surface area contributed by atoms with E-state index in [9.17, 15) is 15.2 Å². The van der Waals surface area contributed by atoms with Crippen LogP contribution in [-0.4, -0.2) is 42.5 Å². The molecule has 35 heavy (non-hydrogen) atoms. The van der Waals surface area contributed by atoms with Gasteiger partial charge in [0.05, 0.1) is 5.60 Å². The topological polar surface area (TPSA) is 88.8 Å². The summed E-state index contributed by atoms with van der Waals surface area (Å²) in [5, 5.41) is 20.9. The van der Waals surface area contributed by atoms with Crippen LogP contribution in [0.25, 0.3) is 0 Å². The van der Waals surface area contributed by atoms with Gasteiger partial charge in [0.1, 0.15) is 5.00 Å². The van der Waals surface area contributed by atoms with Gasteiger partial charge in [0.15, 0.2) is 5.78 Å². The molecular formula is C27H40ClNO5Si. The van der Waals surface area contributed by atoms with Crippen LogP contribution in [0.3, 0.4) is 0 Å². The van der Waals surface area contributed by atoms with E-state index in [0.717, 1.165) is 25.7 Å². The van der Waals surface area contributed by atoms with Crippen LogP contribution in [-0.2, 0) is 18.1 Å². The Morgan fingerprint density at radius 3 is 2.40 bits per heavy atom. The lowest BCUT2D eigenvalue weighted by Gasteiger charge is -2.56. The van der Waals surface area contributed by atoms with Crippen molar-refractivity contribution >= 4 is 26.2 Å². The minimum absolute atomic E-state index is 0.0663. The molecule has 0 aromatic heterocycles. The number of ketones is 1. The molecule has 0 radical (unpaired) electrons. The smallest absolute Gasteiger partial charge is 0.430 e. The molecule has 6 atom stereocenters. The minimum Gasteiger partial charge on any atom is -0.430 e. The van der Waals surface area contributed by atoms with Crippen molar-refractivity contribution in [3.8, 4) is 6.26 Å². The number of alkyl halides is 1. The molecule has 1 N–H and O–H groups in total. The molecule has 0 bridgehead atoms. The predicted molar refractivity (Wildman–Crippen MR) is 136 cm³/mol. The Kier molecular flexibility index (Phi) is 7.13. The van der Waals surface area contributed by atoms with E-state index in [0.29, 0.717) is 25.2 Å². The number of halogens is 1. The van der Waals surface area contributed by atoms with E-state index in [1.165, 1.54) is 11.1 Å². The lowest BCUT2D eigenvalue weighted by atomic mass is 9.51. The molecule has 4 rings (SSSR count). The Balaban J connectivity index is 1.73. The lowest BCUT2D eigenvalue weighted by Crippen LogP contribution is -2.67. The van der Waals surface area contributed by atoms with Crippen molar-refractivity contribution < 1.29 is 23.2 Å². The number of nitriles is 1. The molecule has 2 fully saturated rings. The molecular weight excluding hydrogens is 482 g/mol. The Labute approximate surface area is 216 Å². The third kappa shape index (κ3) is 4.14. The number of hydrogen-bond donors (Lipinski definition) is 1. The van der Waals surface area contributed by atoms with Crippen LogP contribution in [0.4, 0.5) is 0 Å². The van der Waals surface area contributed by atoms with Gasteiger partial charge < -0.3 is 18.4 Å². The third-order valence-electron chi connectivity index (χ3n) is 9.27. The fourth-order valence-corrected chi connectivity index (χ4v) is 11.4. The summed E-state index contributed by atoms with van der Waals surface area (Å²) in [4.78, 5) is 12.1. The fourth-order valence-electron chi connectivity index (χ4n) is 7.58. The van der Waals surface area contributed by atoms with Crippen LogP contribution in [0.15, 0.2) is 23.3 Å². The molecule has 0 aliphatic heterocycles. The van der Waals surface area contributed by atoms with Gasteiger partial charge in [-0.3, -0.25) is 4.79 Å². The average Bonchev–Trinajstić information content (AvgIpc) is 3.04. The monoisotopic (exact) mass is 521 g/mol. The number of fused-ring (bicyclic) bond motifs is 5. The zero-order valence-corrected chi connectivity index (χ0v) is 23.7. The third-order valence-corrected chi connectivity index (χ3v) is 13.5. The summed E-state index contributed by atoms with van der Waals surface area (Å²) >= 11 is 7.18. The van der Waals surface area contributed by atoms with Crippen LogP contribution in [0.5, 0.6) is 0 Å². The first-order valence-corrected chi connectivity index (χ1v) is 15.3. The molecule has 8 heteroatoms. The van der Waals surface area contributed by atoms with Crippen molar-refractivity contribution in [2.45, 2.75) is 109 Å².